The summed E-state index contributed by atoms with van der Waals surface area (Å²) in [7, 11) is 0. The average molecular weight is 236 g/mol. The summed E-state index contributed by atoms with van der Waals surface area (Å²) in [5.74, 6) is 0. The second kappa shape index (κ2) is 6.65. The van der Waals surface area contributed by atoms with Crippen LogP contribution in [0.2, 0.25) is 0 Å². The highest BCUT2D eigenvalue weighted by Crippen LogP contribution is 2.06. The van der Waals surface area contributed by atoms with E-state index in [9.17, 15) is 9.59 Å². The van der Waals surface area contributed by atoms with E-state index in [-0.39, 0.29) is 0 Å². The lowest BCUT2D eigenvalue weighted by molar-refractivity contribution is -0.112. The molecule has 5 nitrogen and oxygen atoms in total. The van der Waals surface area contributed by atoms with Crippen molar-refractivity contribution in [2.24, 2.45) is 0 Å². The Morgan fingerprint density at radius 3 is 2.59 bits per heavy atom. The van der Waals surface area contributed by atoms with Gasteiger partial charge >= 0.3 is 6.09 Å². The molecule has 0 bridgehead atoms. The standard InChI is InChI=1S/C12H16N2O3/c1-2-13-14(12(16)17)11(9-15)8-10-6-4-3-5-7-10/h3-7,9,11,13H,2,8H2,1H3,(H,16,17). The second-order valence-corrected chi connectivity index (χ2v) is 3.56. The molecular formula is C12H16N2O3. The van der Waals surface area contributed by atoms with Gasteiger partial charge in [-0.1, -0.05) is 37.3 Å². The lowest BCUT2D eigenvalue weighted by atomic mass is 10.1. The molecule has 17 heavy (non-hydrogen) atoms. The number of hydrazine groups is 1. The topological polar surface area (TPSA) is 69.6 Å². The van der Waals surface area contributed by atoms with E-state index in [1.165, 1.54) is 0 Å². The third kappa shape index (κ3) is 3.88. The zero-order valence-electron chi connectivity index (χ0n) is 9.67. The highest BCUT2D eigenvalue weighted by Gasteiger charge is 2.22. The van der Waals surface area contributed by atoms with E-state index < -0.39 is 12.1 Å². The van der Waals surface area contributed by atoms with Gasteiger partial charge in [0.1, 0.15) is 12.3 Å². The van der Waals surface area contributed by atoms with E-state index in [0.717, 1.165) is 10.6 Å². The van der Waals surface area contributed by atoms with Crippen LogP contribution in [-0.4, -0.2) is 35.1 Å². The molecule has 92 valence electrons. The zero-order valence-corrected chi connectivity index (χ0v) is 9.67. The summed E-state index contributed by atoms with van der Waals surface area (Å²) in [5.41, 5.74) is 3.58. The quantitative estimate of drug-likeness (QED) is 0.577. The summed E-state index contributed by atoms with van der Waals surface area (Å²) in [6, 6.07) is 8.60. The van der Waals surface area contributed by atoms with Crippen LogP contribution in [0.25, 0.3) is 0 Å². The third-order valence-electron chi connectivity index (χ3n) is 2.31. The first-order valence-electron chi connectivity index (χ1n) is 5.44. The predicted molar refractivity (Wildman–Crippen MR) is 63.5 cm³/mol. The van der Waals surface area contributed by atoms with Crippen LogP contribution in [0.1, 0.15) is 12.5 Å². The number of carbonyl (C=O) groups excluding carboxylic acids is 1. The summed E-state index contributed by atoms with van der Waals surface area (Å²) >= 11 is 0. The normalized spacial score (nSPS) is 11.8. The van der Waals surface area contributed by atoms with Crippen molar-refractivity contribution < 1.29 is 14.7 Å². The molecule has 1 atom stereocenters. The number of aldehydes is 1. The van der Waals surface area contributed by atoms with E-state index in [0.29, 0.717) is 19.3 Å². The van der Waals surface area contributed by atoms with Gasteiger partial charge in [-0.3, -0.25) is 0 Å². The first-order valence-corrected chi connectivity index (χ1v) is 5.44. The number of carbonyl (C=O) groups is 2. The number of rotatable bonds is 6. The highest BCUT2D eigenvalue weighted by atomic mass is 16.4. The van der Waals surface area contributed by atoms with Crippen molar-refractivity contribution in [3.05, 3.63) is 35.9 Å². The summed E-state index contributed by atoms with van der Waals surface area (Å²) in [5, 5.41) is 9.93. The van der Waals surface area contributed by atoms with Crippen molar-refractivity contribution in [2.75, 3.05) is 6.54 Å². The first-order chi connectivity index (χ1) is 8.19. The van der Waals surface area contributed by atoms with Crippen molar-refractivity contribution in [1.82, 2.24) is 10.4 Å². The number of nitrogens with one attached hydrogen (secondary N) is 1. The Morgan fingerprint density at radius 2 is 2.12 bits per heavy atom. The first kappa shape index (κ1) is 13.2. The predicted octanol–water partition coefficient (Wildman–Crippen LogP) is 1.30. The second-order valence-electron chi connectivity index (χ2n) is 3.56. The van der Waals surface area contributed by atoms with Gasteiger partial charge in [-0.25, -0.2) is 15.2 Å². The van der Waals surface area contributed by atoms with Crippen LogP contribution in [0.4, 0.5) is 4.79 Å². The molecule has 0 saturated carbocycles. The molecule has 0 saturated heterocycles. The molecule has 0 aliphatic carbocycles. The molecule has 0 radical (unpaired) electrons. The molecule has 1 rings (SSSR count). The number of carboxylic acid groups (broad SMARTS) is 1. The number of benzene rings is 1. The van der Waals surface area contributed by atoms with E-state index >= 15 is 0 Å². The van der Waals surface area contributed by atoms with Crippen LogP contribution in [0, 0.1) is 0 Å². The monoisotopic (exact) mass is 236 g/mol. The molecule has 0 aliphatic heterocycles. The lowest BCUT2D eigenvalue weighted by Crippen LogP contribution is -2.50. The number of hydrogen-bond acceptors (Lipinski definition) is 3. The van der Waals surface area contributed by atoms with E-state index in [1.54, 1.807) is 6.92 Å². The summed E-state index contributed by atoms with van der Waals surface area (Å²) in [6.07, 6.45) is -0.146. The largest absolute Gasteiger partial charge is 0.464 e. The number of hydrogen-bond donors (Lipinski definition) is 2. The Morgan fingerprint density at radius 1 is 1.47 bits per heavy atom. The molecule has 1 unspecified atom stereocenters. The minimum Gasteiger partial charge on any atom is -0.464 e. The van der Waals surface area contributed by atoms with Crippen molar-refractivity contribution >= 4 is 12.4 Å². The smallest absolute Gasteiger partial charge is 0.422 e. The van der Waals surface area contributed by atoms with Gasteiger partial charge in [0.25, 0.3) is 0 Å². The molecule has 0 aliphatic rings. The molecule has 2 N–H and O–H groups in total. The molecule has 0 spiro atoms. The Hall–Kier alpha value is -1.88. The SMILES string of the molecule is CCNN(C(=O)O)C(C=O)Cc1ccccc1. The van der Waals surface area contributed by atoms with Crippen LogP contribution >= 0.6 is 0 Å². The van der Waals surface area contributed by atoms with Crippen LogP contribution in [0.3, 0.4) is 0 Å². The average Bonchev–Trinajstić information content (AvgIpc) is 2.34. The minimum atomic E-state index is -1.15. The fraction of sp³-hybridized carbons (Fsp3) is 0.333. The third-order valence-corrected chi connectivity index (χ3v) is 2.31. The van der Waals surface area contributed by atoms with E-state index in [2.05, 4.69) is 5.43 Å². The summed E-state index contributed by atoms with van der Waals surface area (Å²) in [4.78, 5) is 22.0. The maximum absolute atomic E-state index is 11.0. The fourth-order valence-corrected chi connectivity index (χ4v) is 1.55. The number of nitrogens with zero attached hydrogens (tertiary/aromatic N) is 1. The maximum Gasteiger partial charge on any atom is 0.422 e. The molecule has 5 heteroatoms. The Kier molecular flexibility index (Phi) is 5.16. The molecule has 1 amide bonds. The van der Waals surface area contributed by atoms with Gasteiger partial charge in [-0.2, -0.15) is 0 Å². The van der Waals surface area contributed by atoms with Gasteiger partial charge < -0.3 is 9.90 Å². The van der Waals surface area contributed by atoms with E-state index in [4.69, 9.17) is 5.11 Å². The summed E-state index contributed by atoms with van der Waals surface area (Å²) in [6.45, 7) is 2.23. The molecule has 0 fully saturated rings. The zero-order chi connectivity index (χ0) is 12.7. The number of amides is 1. The van der Waals surface area contributed by atoms with Gasteiger partial charge in [0.2, 0.25) is 0 Å². The molecular weight excluding hydrogens is 220 g/mol. The minimum absolute atomic E-state index is 0.365. The van der Waals surface area contributed by atoms with Crippen molar-refractivity contribution in [1.29, 1.82) is 0 Å². The molecule has 1 aromatic rings. The summed E-state index contributed by atoms with van der Waals surface area (Å²) < 4.78 is 0. The van der Waals surface area contributed by atoms with E-state index in [1.807, 2.05) is 30.3 Å². The molecule has 0 aromatic heterocycles. The van der Waals surface area contributed by atoms with Gasteiger partial charge in [0.15, 0.2) is 0 Å². The lowest BCUT2D eigenvalue weighted by Gasteiger charge is -2.25. The van der Waals surface area contributed by atoms with Gasteiger partial charge in [-0.05, 0) is 5.56 Å². The fourth-order valence-electron chi connectivity index (χ4n) is 1.55. The van der Waals surface area contributed by atoms with Gasteiger partial charge in [0, 0.05) is 13.0 Å². The van der Waals surface area contributed by atoms with Gasteiger partial charge in [-0.15, -0.1) is 0 Å². The maximum atomic E-state index is 11.0. The Balaban J connectivity index is 2.76. The van der Waals surface area contributed by atoms with Crippen LogP contribution < -0.4 is 5.43 Å². The molecule has 1 aromatic carbocycles. The van der Waals surface area contributed by atoms with Crippen molar-refractivity contribution in [3.63, 3.8) is 0 Å². The van der Waals surface area contributed by atoms with Crippen molar-refractivity contribution in [2.45, 2.75) is 19.4 Å². The van der Waals surface area contributed by atoms with Crippen LogP contribution in [0.15, 0.2) is 30.3 Å². The van der Waals surface area contributed by atoms with Gasteiger partial charge in [0.05, 0.1) is 0 Å². The Labute approximate surface area is 100 Å². The van der Waals surface area contributed by atoms with Crippen LogP contribution in [0.5, 0.6) is 0 Å². The highest BCUT2D eigenvalue weighted by molar-refractivity contribution is 5.71. The molecule has 0 heterocycles. The Bertz CT molecular complexity index is 367. The van der Waals surface area contributed by atoms with Crippen molar-refractivity contribution in [3.8, 4) is 0 Å². The van der Waals surface area contributed by atoms with Crippen LogP contribution in [-0.2, 0) is 11.2 Å².